The number of carbonyl (C=O) groups excluding carboxylic acids is 2. The average Bonchev–Trinajstić information content (AvgIpc) is 3.22. The highest BCUT2D eigenvalue weighted by Gasteiger charge is 2.48. The van der Waals surface area contributed by atoms with Crippen molar-refractivity contribution in [3.05, 3.63) is 71.5 Å². The molecule has 5 heterocycles. The first-order chi connectivity index (χ1) is 20.6. The van der Waals surface area contributed by atoms with Crippen LogP contribution < -0.4 is 9.64 Å². The van der Waals surface area contributed by atoms with Crippen LogP contribution in [0.2, 0.25) is 0 Å². The number of carbonyl (C=O) groups is 2. The van der Waals surface area contributed by atoms with Crippen molar-refractivity contribution in [3.8, 4) is 16.9 Å². The van der Waals surface area contributed by atoms with Crippen molar-refractivity contribution in [1.29, 1.82) is 0 Å². The fourth-order valence-corrected chi connectivity index (χ4v) is 5.27. The van der Waals surface area contributed by atoms with E-state index in [0.717, 1.165) is 6.07 Å². The first-order valence-electron chi connectivity index (χ1n) is 13.8. The number of halogens is 3. The van der Waals surface area contributed by atoms with Gasteiger partial charge in [0.05, 0.1) is 36.7 Å². The average molecular weight is 611 g/mol. The number of anilines is 1. The van der Waals surface area contributed by atoms with Gasteiger partial charge in [0.2, 0.25) is 0 Å². The minimum atomic E-state index is -1.48. The van der Waals surface area contributed by atoms with Gasteiger partial charge in [-0.3, -0.25) is 9.69 Å². The lowest BCUT2D eigenvalue weighted by Crippen LogP contribution is -2.62. The van der Waals surface area contributed by atoms with Crippen LogP contribution in [0, 0.1) is 24.4 Å². The van der Waals surface area contributed by atoms with Crippen molar-refractivity contribution < 1.29 is 37.3 Å². The number of aryl methyl sites for hydroxylation is 1. The molecule has 0 spiro atoms. The third kappa shape index (κ3) is 5.08. The Morgan fingerprint density at radius 2 is 1.82 bits per heavy atom. The molecule has 0 unspecified atom stereocenters. The van der Waals surface area contributed by atoms with Crippen molar-refractivity contribution in [1.82, 2.24) is 24.3 Å². The predicted octanol–water partition coefficient (Wildman–Crippen LogP) is 4.27. The summed E-state index contributed by atoms with van der Waals surface area (Å²) in [4.78, 5) is 40.8. The molecule has 0 aliphatic carbocycles. The molecule has 11 nitrogen and oxygen atoms in total. The highest BCUT2D eigenvalue weighted by molar-refractivity contribution is 5.99. The number of hydrogen-bond donors (Lipinski definition) is 1. The first-order valence-corrected chi connectivity index (χ1v) is 13.8. The second-order valence-corrected chi connectivity index (χ2v) is 12.0. The van der Waals surface area contributed by atoms with Crippen LogP contribution >= 0.6 is 0 Å². The van der Waals surface area contributed by atoms with Crippen molar-refractivity contribution in [2.24, 2.45) is 0 Å². The summed E-state index contributed by atoms with van der Waals surface area (Å²) < 4.78 is 56.3. The summed E-state index contributed by atoms with van der Waals surface area (Å²) in [7, 11) is 0. The Morgan fingerprint density at radius 3 is 2.48 bits per heavy atom. The maximum atomic E-state index is 15.3. The number of β-amino-alcohol motifs (C(OH)–C–C–N with tert-alkyl or cyclic N) is 1. The number of ether oxygens (including phenoxy) is 2. The van der Waals surface area contributed by atoms with Gasteiger partial charge in [0, 0.05) is 47.9 Å². The van der Waals surface area contributed by atoms with E-state index in [1.165, 1.54) is 41.4 Å². The lowest BCUT2D eigenvalue weighted by atomic mass is 9.93. The Hall–Kier alpha value is -4.72. The van der Waals surface area contributed by atoms with E-state index in [1.54, 1.807) is 32.1 Å². The van der Waals surface area contributed by atoms with Crippen LogP contribution in [0.15, 0.2) is 36.8 Å². The second kappa shape index (κ2) is 10.2. The minimum Gasteiger partial charge on any atom is -0.476 e. The van der Waals surface area contributed by atoms with Gasteiger partial charge < -0.3 is 23.9 Å². The van der Waals surface area contributed by atoms with Crippen LogP contribution in [-0.4, -0.2) is 66.2 Å². The van der Waals surface area contributed by atoms with Crippen LogP contribution in [0.3, 0.4) is 0 Å². The number of imidazole rings is 1. The maximum Gasteiger partial charge on any atom is 0.410 e. The van der Waals surface area contributed by atoms with E-state index in [0.29, 0.717) is 23.0 Å². The molecule has 1 aromatic carbocycles. The van der Waals surface area contributed by atoms with Gasteiger partial charge in [0.25, 0.3) is 5.91 Å². The van der Waals surface area contributed by atoms with Gasteiger partial charge in [-0.2, -0.15) is 0 Å². The highest BCUT2D eigenvalue weighted by atomic mass is 19.1. The van der Waals surface area contributed by atoms with E-state index in [1.807, 2.05) is 0 Å². The van der Waals surface area contributed by atoms with E-state index in [4.69, 9.17) is 9.47 Å². The van der Waals surface area contributed by atoms with Crippen molar-refractivity contribution in [2.75, 3.05) is 18.0 Å². The molecule has 1 saturated heterocycles. The van der Waals surface area contributed by atoms with Gasteiger partial charge in [-0.05, 0) is 34.6 Å². The Kier molecular flexibility index (Phi) is 6.79. The normalized spacial score (nSPS) is 17.8. The number of aliphatic hydroxyl groups is 1. The molecule has 1 N–H and O–H groups in total. The number of benzene rings is 1. The number of nitrogens with zero attached hydrogens (tertiary/aromatic N) is 6. The number of likely N-dealkylation sites (tertiary alicyclic amines) is 1. The van der Waals surface area contributed by atoms with Gasteiger partial charge in [-0.15, -0.1) is 0 Å². The minimum absolute atomic E-state index is 0.0605. The summed E-state index contributed by atoms with van der Waals surface area (Å²) >= 11 is 0. The lowest BCUT2D eigenvalue weighted by Gasteiger charge is -2.45. The van der Waals surface area contributed by atoms with Crippen molar-refractivity contribution in [2.45, 2.75) is 58.5 Å². The molecule has 0 radical (unpaired) electrons. The van der Waals surface area contributed by atoms with E-state index in [-0.39, 0.29) is 48.1 Å². The number of amides is 2. The largest absolute Gasteiger partial charge is 0.476 e. The second-order valence-electron chi connectivity index (χ2n) is 12.0. The summed E-state index contributed by atoms with van der Waals surface area (Å²) in [6.45, 7) is 8.13. The van der Waals surface area contributed by atoms with Gasteiger partial charge in [-0.1, -0.05) is 0 Å². The molecule has 2 aliphatic heterocycles. The smallest absolute Gasteiger partial charge is 0.410 e. The molecular weight excluding hydrogens is 581 g/mol. The van der Waals surface area contributed by atoms with E-state index in [2.05, 4.69) is 15.0 Å². The third-order valence-corrected chi connectivity index (χ3v) is 7.44. The SMILES string of the molecule is Cc1nc2cc(F)c(-c3cnc(C4(O)CN(C(=O)OC(C)(C)C)C4)nc3)cn2c1CN1C(=O)[C@@H](C)Oc2c(F)cc(F)cc21. The van der Waals surface area contributed by atoms with Crippen molar-refractivity contribution >= 4 is 23.3 Å². The lowest BCUT2D eigenvalue weighted by molar-refractivity contribution is -0.125. The fraction of sp³-hybridized carbons (Fsp3) is 0.367. The zero-order valence-electron chi connectivity index (χ0n) is 24.6. The van der Waals surface area contributed by atoms with E-state index >= 15 is 4.39 Å². The van der Waals surface area contributed by atoms with Crippen molar-refractivity contribution in [3.63, 3.8) is 0 Å². The van der Waals surface area contributed by atoms with Crippen LogP contribution in [0.1, 0.15) is 44.9 Å². The van der Waals surface area contributed by atoms with Gasteiger partial charge >= 0.3 is 6.09 Å². The molecule has 4 aromatic rings. The zero-order valence-corrected chi connectivity index (χ0v) is 24.6. The summed E-state index contributed by atoms with van der Waals surface area (Å²) in [6.07, 6.45) is 2.61. The quantitative estimate of drug-likeness (QED) is 0.364. The molecule has 1 atom stereocenters. The van der Waals surface area contributed by atoms with Gasteiger partial charge in [0.1, 0.15) is 22.9 Å². The molecular formula is C30H29F3N6O5. The zero-order chi connectivity index (χ0) is 31.7. The van der Waals surface area contributed by atoms with Crippen LogP contribution in [-0.2, 0) is 21.7 Å². The highest BCUT2D eigenvalue weighted by Crippen LogP contribution is 2.39. The molecule has 2 amide bonds. The topological polar surface area (TPSA) is 122 Å². The van der Waals surface area contributed by atoms with Crippen LogP contribution in [0.5, 0.6) is 5.75 Å². The molecule has 14 heteroatoms. The maximum absolute atomic E-state index is 15.3. The molecule has 6 rings (SSSR count). The molecule has 0 bridgehead atoms. The molecule has 0 saturated carbocycles. The van der Waals surface area contributed by atoms with Gasteiger partial charge in [-0.25, -0.2) is 32.9 Å². The summed E-state index contributed by atoms with van der Waals surface area (Å²) in [5.41, 5.74) is -0.627. The molecule has 3 aromatic heterocycles. The van der Waals surface area contributed by atoms with Crippen LogP contribution in [0.25, 0.3) is 16.8 Å². The Labute approximate surface area is 249 Å². The first kappa shape index (κ1) is 29.4. The molecule has 1 fully saturated rings. The molecule has 230 valence electrons. The summed E-state index contributed by atoms with van der Waals surface area (Å²) in [6, 6.07) is 2.92. The number of fused-ring (bicyclic) bond motifs is 2. The fourth-order valence-electron chi connectivity index (χ4n) is 5.27. The predicted molar refractivity (Wildman–Crippen MR) is 150 cm³/mol. The van der Waals surface area contributed by atoms with E-state index < -0.39 is 46.8 Å². The Balaban J connectivity index is 1.29. The van der Waals surface area contributed by atoms with Crippen LogP contribution in [0.4, 0.5) is 23.7 Å². The van der Waals surface area contributed by atoms with Gasteiger partial charge in [0.15, 0.2) is 29.1 Å². The molecule has 2 aliphatic rings. The number of aromatic nitrogens is 4. The monoisotopic (exact) mass is 610 g/mol. The molecule has 44 heavy (non-hydrogen) atoms. The summed E-state index contributed by atoms with van der Waals surface area (Å²) in [5, 5.41) is 10.9. The number of rotatable bonds is 4. The Morgan fingerprint density at radius 1 is 1.14 bits per heavy atom. The third-order valence-electron chi connectivity index (χ3n) is 7.44. The number of pyridine rings is 1. The summed E-state index contributed by atoms with van der Waals surface area (Å²) in [5.74, 6) is -3.10. The standard InChI is InChI=1S/C30H29F3N6O5/c1-15-23(12-39-22-7-18(31)6-21(33)25(22)43-16(2)26(39)40)38-11-19(20(32)8-24(38)36-15)17-9-34-27(35-10-17)30(42)13-37(14-30)28(41)44-29(3,4)5/h6-11,16,42H,12-14H2,1-5H3/t16-/m1/s1. The van der Waals surface area contributed by atoms with E-state index in [9.17, 15) is 23.5 Å². The number of hydrogen-bond acceptors (Lipinski definition) is 8. The Bertz CT molecular complexity index is 1810.